The monoisotopic (exact) mass is 558 g/mol. The second-order valence-corrected chi connectivity index (χ2v) is 10.5. The minimum Gasteiger partial charge on any atom is -0.368 e. The normalized spacial score (nSPS) is 19.8. The molecule has 0 spiro atoms. The molecule has 1 aliphatic carbocycles. The van der Waals surface area contributed by atoms with Crippen molar-refractivity contribution in [2.45, 2.75) is 57.1 Å². The Morgan fingerprint density at radius 1 is 1.22 bits per heavy atom. The van der Waals surface area contributed by atoms with Crippen LogP contribution in [0.4, 0.5) is 16.0 Å². The molecule has 13 heteroatoms. The number of hydrogen-bond acceptors (Lipinski definition) is 8. The van der Waals surface area contributed by atoms with Crippen LogP contribution in [-0.4, -0.2) is 58.5 Å². The van der Waals surface area contributed by atoms with Gasteiger partial charge in [-0.05, 0) is 57.2 Å². The van der Waals surface area contributed by atoms with Crippen molar-refractivity contribution < 1.29 is 13.9 Å². The lowest BCUT2D eigenvalue weighted by Gasteiger charge is -2.38. The van der Waals surface area contributed by atoms with Gasteiger partial charge in [-0.3, -0.25) is 9.89 Å². The van der Waals surface area contributed by atoms with E-state index in [1.54, 1.807) is 19.4 Å². The number of halogens is 1. The molecule has 5 aromatic heterocycles. The van der Waals surface area contributed by atoms with Crippen molar-refractivity contribution in [3.8, 4) is 5.82 Å². The maximum Gasteiger partial charge on any atom is 0.252 e. The van der Waals surface area contributed by atoms with Gasteiger partial charge < -0.3 is 20.4 Å². The number of carbonyl (C=O) groups is 1. The number of ether oxygens (including phenoxy) is 1. The lowest BCUT2D eigenvalue weighted by Crippen LogP contribution is -2.50. The van der Waals surface area contributed by atoms with E-state index in [0.29, 0.717) is 43.1 Å². The van der Waals surface area contributed by atoms with Gasteiger partial charge in [-0.1, -0.05) is 6.07 Å². The van der Waals surface area contributed by atoms with Crippen LogP contribution in [0.3, 0.4) is 0 Å². The van der Waals surface area contributed by atoms with E-state index in [2.05, 4.69) is 35.9 Å². The fraction of sp³-hybridized carbons (Fsp3) is 0.357. The number of amides is 1. The Bertz CT molecular complexity index is 1670. The van der Waals surface area contributed by atoms with E-state index < -0.39 is 11.4 Å². The summed E-state index contributed by atoms with van der Waals surface area (Å²) in [5.74, 6) is 2.04. The number of rotatable bonds is 8. The molecule has 1 amide bonds. The maximum atomic E-state index is 13.5. The Balaban J connectivity index is 1.13. The molecule has 1 atom stereocenters. The van der Waals surface area contributed by atoms with Gasteiger partial charge in [0.25, 0.3) is 5.91 Å². The molecule has 0 aromatic carbocycles. The molecule has 0 bridgehead atoms. The van der Waals surface area contributed by atoms with Crippen LogP contribution in [0.2, 0.25) is 0 Å². The Kier molecular flexibility index (Phi) is 6.95. The van der Waals surface area contributed by atoms with E-state index >= 15 is 0 Å². The topological polar surface area (TPSA) is 151 Å². The van der Waals surface area contributed by atoms with E-state index in [0.717, 1.165) is 34.3 Å². The average molecular weight is 559 g/mol. The van der Waals surface area contributed by atoms with Crippen LogP contribution in [0, 0.1) is 12.7 Å². The first kappa shape index (κ1) is 26.6. The number of aromatic amines is 2. The molecule has 1 aliphatic rings. The van der Waals surface area contributed by atoms with E-state index in [1.807, 2.05) is 38.2 Å². The van der Waals surface area contributed by atoms with Gasteiger partial charge in [0.1, 0.15) is 22.9 Å². The van der Waals surface area contributed by atoms with Gasteiger partial charge in [-0.15, -0.1) is 0 Å². The van der Waals surface area contributed by atoms with Crippen LogP contribution < -0.4 is 10.6 Å². The molecule has 5 heterocycles. The highest BCUT2D eigenvalue weighted by atomic mass is 19.1. The number of pyridine rings is 1. The lowest BCUT2D eigenvalue weighted by molar-refractivity contribution is -0.148. The molecule has 0 saturated heterocycles. The first-order valence-corrected chi connectivity index (χ1v) is 13.5. The summed E-state index contributed by atoms with van der Waals surface area (Å²) in [6, 6.07) is 7.12. The number of carbonyl (C=O) groups excluding carboxylic acids is 1. The number of nitrogens with zero attached hydrogens (tertiary/aromatic N) is 6. The Morgan fingerprint density at radius 2 is 2.05 bits per heavy atom. The highest BCUT2D eigenvalue weighted by Crippen LogP contribution is 2.40. The number of anilines is 2. The van der Waals surface area contributed by atoms with Gasteiger partial charge >= 0.3 is 0 Å². The van der Waals surface area contributed by atoms with Gasteiger partial charge in [0.15, 0.2) is 17.5 Å². The van der Waals surface area contributed by atoms with Crippen molar-refractivity contribution in [2.24, 2.45) is 0 Å². The van der Waals surface area contributed by atoms with Gasteiger partial charge in [0, 0.05) is 37.2 Å². The third-order valence-electron chi connectivity index (χ3n) is 7.75. The maximum absolute atomic E-state index is 13.5. The molecule has 0 radical (unpaired) electrons. The van der Waals surface area contributed by atoms with Crippen LogP contribution in [0.15, 0.2) is 49.1 Å². The van der Waals surface area contributed by atoms with Crippen molar-refractivity contribution >= 4 is 28.6 Å². The molecule has 6 rings (SSSR count). The molecule has 1 saturated carbocycles. The number of nitrogens with one attached hydrogen (secondary N) is 4. The predicted octanol–water partition coefficient (Wildman–Crippen LogP) is 4.37. The van der Waals surface area contributed by atoms with Gasteiger partial charge in [0.2, 0.25) is 0 Å². The summed E-state index contributed by atoms with van der Waals surface area (Å²) in [7, 11) is 1.58. The molecule has 41 heavy (non-hydrogen) atoms. The third kappa shape index (κ3) is 5.27. The fourth-order valence-electron chi connectivity index (χ4n) is 5.33. The Hall–Kier alpha value is -4.65. The first-order valence-electron chi connectivity index (χ1n) is 13.5. The summed E-state index contributed by atoms with van der Waals surface area (Å²) >= 11 is 0. The zero-order valence-electron chi connectivity index (χ0n) is 23.0. The molecule has 0 unspecified atom stereocenters. The first-order chi connectivity index (χ1) is 19.8. The molecular formula is C28H31FN10O2. The number of aryl methyl sites for hydroxylation is 1. The molecule has 1 fully saturated rings. The fourth-order valence-corrected chi connectivity index (χ4v) is 5.33. The Morgan fingerprint density at radius 3 is 2.71 bits per heavy atom. The smallest absolute Gasteiger partial charge is 0.252 e. The molecule has 0 aliphatic heterocycles. The van der Waals surface area contributed by atoms with Crippen LogP contribution in [0.5, 0.6) is 0 Å². The second kappa shape index (κ2) is 10.7. The minimum absolute atomic E-state index is 0.0709. The van der Waals surface area contributed by atoms with Crippen molar-refractivity contribution in [1.82, 2.24) is 45.2 Å². The SMILES string of the molecule is COC1(C(=O)N[C@@H](C)c2ccc(-n3cc(F)cn3)nc2)CCC(c2nc(Nc3cc(C)[nH]n3)c3cc[nH]c3n2)CC1. The van der Waals surface area contributed by atoms with Crippen LogP contribution in [0.25, 0.3) is 16.9 Å². The largest absolute Gasteiger partial charge is 0.368 e. The number of aromatic nitrogens is 8. The standard InChI is InChI=1S/C28H31FN10O2/c1-16-12-22(38-37-16)34-26-21-8-11-30-25(21)35-24(36-26)18-6-9-28(41-3,10-7-18)27(40)33-17(2)19-4-5-23(31-13-19)39-15-20(29)14-32-39/h4-5,8,11-15,17-18H,6-7,9-10H2,1-3H3,(H,33,40)(H3,30,34,35,36,37,38)/t17-,18?,28?/m0/s1. The van der Waals surface area contributed by atoms with E-state index in [4.69, 9.17) is 14.7 Å². The molecule has 4 N–H and O–H groups in total. The van der Waals surface area contributed by atoms with Crippen LogP contribution >= 0.6 is 0 Å². The molecule has 212 valence electrons. The van der Waals surface area contributed by atoms with Gasteiger partial charge in [0.05, 0.1) is 23.8 Å². The predicted molar refractivity (Wildman–Crippen MR) is 149 cm³/mol. The molecular weight excluding hydrogens is 527 g/mol. The zero-order valence-corrected chi connectivity index (χ0v) is 23.0. The number of H-pyrrole nitrogens is 2. The van der Waals surface area contributed by atoms with Gasteiger partial charge in [-0.25, -0.2) is 24.0 Å². The summed E-state index contributed by atoms with van der Waals surface area (Å²) in [4.78, 5) is 30.7. The van der Waals surface area contributed by atoms with E-state index in [1.165, 1.54) is 10.9 Å². The summed E-state index contributed by atoms with van der Waals surface area (Å²) in [6.07, 6.45) is 8.32. The van der Waals surface area contributed by atoms with E-state index in [9.17, 15) is 9.18 Å². The zero-order chi connectivity index (χ0) is 28.6. The lowest BCUT2D eigenvalue weighted by atomic mass is 9.77. The molecule has 12 nitrogen and oxygen atoms in total. The number of hydrogen-bond donors (Lipinski definition) is 4. The highest BCUT2D eigenvalue weighted by Gasteiger charge is 2.43. The van der Waals surface area contributed by atoms with Crippen molar-refractivity contribution in [3.63, 3.8) is 0 Å². The van der Waals surface area contributed by atoms with Crippen molar-refractivity contribution in [3.05, 3.63) is 72.0 Å². The van der Waals surface area contributed by atoms with Crippen molar-refractivity contribution in [1.29, 1.82) is 0 Å². The Labute approximate surface area is 235 Å². The van der Waals surface area contributed by atoms with Gasteiger partial charge in [-0.2, -0.15) is 10.2 Å². The molecule has 5 aromatic rings. The minimum atomic E-state index is -0.950. The summed E-state index contributed by atoms with van der Waals surface area (Å²) in [6.45, 7) is 3.83. The third-order valence-corrected chi connectivity index (χ3v) is 7.75. The quantitative estimate of drug-likeness (QED) is 0.219. The number of fused-ring (bicyclic) bond motifs is 1. The van der Waals surface area contributed by atoms with Crippen LogP contribution in [-0.2, 0) is 9.53 Å². The summed E-state index contributed by atoms with van der Waals surface area (Å²) < 4.78 is 20.5. The highest BCUT2D eigenvalue weighted by molar-refractivity contribution is 5.89. The van der Waals surface area contributed by atoms with Crippen molar-refractivity contribution in [2.75, 3.05) is 12.4 Å². The number of methoxy groups -OCH3 is 1. The van der Waals surface area contributed by atoms with E-state index in [-0.39, 0.29) is 17.9 Å². The van der Waals surface area contributed by atoms with Crippen LogP contribution in [0.1, 0.15) is 61.6 Å². The second-order valence-electron chi connectivity index (χ2n) is 10.5. The summed E-state index contributed by atoms with van der Waals surface area (Å²) in [5.41, 5.74) is 1.56. The average Bonchev–Trinajstić information content (AvgIpc) is 3.74. The summed E-state index contributed by atoms with van der Waals surface area (Å²) in [5, 5.41) is 18.4.